The molecule has 0 spiro atoms. The van der Waals surface area contributed by atoms with Crippen LogP contribution in [0, 0.1) is 9.49 Å². The molecule has 1 rings (SSSR count). The molecule has 0 radical (unpaired) electrons. The molecule has 0 aliphatic carbocycles. The van der Waals surface area contributed by atoms with E-state index < -0.39 is 5.97 Å². The number of benzene rings is 1. The van der Waals surface area contributed by atoms with Gasteiger partial charge in [-0.2, -0.15) is 0 Å². The Morgan fingerprint density at radius 2 is 2.00 bits per heavy atom. The molecule has 0 aliphatic heterocycles. The van der Waals surface area contributed by atoms with Crippen molar-refractivity contribution < 1.29 is 9.90 Å². The van der Waals surface area contributed by atoms with Gasteiger partial charge in [-0.1, -0.05) is 19.1 Å². The minimum absolute atomic E-state index is 0.0775. The monoisotopic (exact) mass is 333 g/mol. The lowest BCUT2D eigenvalue weighted by molar-refractivity contribution is -0.138. The maximum Gasteiger partial charge on any atom is 0.303 e. The quantitative estimate of drug-likeness (QED) is 0.815. The van der Waals surface area contributed by atoms with Crippen LogP contribution in [-0.2, 0) is 4.79 Å². The number of carboxylic acids is 1. The standard InChI is InChI=1S/C12H16INO2/c1-8(7-12(15)16)6-11(14)9-2-4-10(13)5-3-9/h2-5,8,11H,6-7,14H2,1H3,(H,15,16). The summed E-state index contributed by atoms with van der Waals surface area (Å²) in [6.45, 7) is 1.92. The van der Waals surface area contributed by atoms with Crippen LogP contribution in [0.15, 0.2) is 24.3 Å². The average molecular weight is 333 g/mol. The molecule has 1 aromatic carbocycles. The molecule has 0 aromatic heterocycles. The van der Waals surface area contributed by atoms with Gasteiger partial charge in [0.15, 0.2) is 0 Å². The zero-order chi connectivity index (χ0) is 12.1. The molecular weight excluding hydrogens is 317 g/mol. The van der Waals surface area contributed by atoms with Crippen LogP contribution in [0.4, 0.5) is 0 Å². The summed E-state index contributed by atoms with van der Waals surface area (Å²) in [5, 5.41) is 8.66. The van der Waals surface area contributed by atoms with E-state index >= 15 is 0 Å². The Labute approximate surface area is 109 Å². The van der Waals surface area contributed by atoms with E-state index in [0.717, 1.165) is 5.56 Å². The first kappa shape index (κ1) is 13.4. The van der Waals surface area contributed by atoms with Gasteiger partial charge in [0.1, 0.15) is 0 Å². The van der Waals surface area contributed by atoms with Crippen LogP contribution in [0.5, 0.6) is 0 Å². The van der Waals surface area contributed by atoms with Gasteiger partial charge in [0.05, 0.1) is 0 Å². The van der Waals surface area contributed by atoms with E-state index in [2.05, 4.69) is 22.6 Å². The molecule has 0 saturated carbocycles. The summed E-state index contributed by atoms with van der Waals surface area (Å²) < 4.78 is 1.17. The lowest BCUT2D eigenvalue weighted by Crippen LogP contribution is -2.16. The molecule has 3 N–H and O–H groups in total. The van der Waals surface area contributed by atoms with E-state index in [1.54, 1.807) is 0 Å². The van der Waals surface area contributed by atoms with Crippen LogP contribution in [0.3, 0.4) is 0 Å². The predicted octanol–water partition coefficient (Wildman–Crippen LogP) is 2.79. The summed E-state index contributed by atoms with van der Waals surface area (Å²) in [6.07, 6.45) is 0.880. The normalized spacial score (nSPS) is 14.4. The Morgan fingerprint density at radius 3 is 2.50 bits per heavy atom. The van der Waals surface area contributed by atoms with Gasteiger partial charge in [0, 0.05) is 16.0 Å². The number of hydrogen-bond donors (Lipinski definition) is 2. The molecule has 16 heavy (non-hydrogen) atoms. The Bertz CT molecular complexity index is 351. The lowest BCUT2D eigenvalue weighted by atomic mass is 9.94. The highest BCUT2D eigenvalue weighted by Gasteiger charge is 2.13. The first-order valence-corrected chi connectivity index (χ1v) is 6.29. The molecule has 0 amide bonds. The topological polar surface area (TPSA) is 63.3 Å². The van der Waals surface area contributed by atoms with Crippen LogP contribution in [0.2, 0.25) is 0 Å². The van der Waals surface area contributed by atoms with Crippen molar-refractivity contribution >= 4 is 28.6 Å². The van der Waals surface area contributed by atoms with Crippen LogP contribution in [0.1, 0.15) is 31.4 Å². The van der Waals surface area contributed by atoms with Crippen LogP contribution >= 0.6 is 22.6 Å². The van der Waals surface area contributed by atoms with Crippen molar-refractivity contribution in [3.63, 3.8) is 0 Å². The molecule has 0 bridgehead atoms. The highest BCUT2D eigenvalue weighted by atomic mass is 127. The SMILES string of the molecule is CC(CC(=O)O)CC(N)c1ccc(I)cc1. The largest absolute Gasteiger partial charge is 0.481 e. The minimum atomic E-state index is -0.762. The Balaban J connectivity index is 2.54. The lowest BCUT2D eigenvalue weighted by Gasteiger charge is -2.16. The first-order valence-electron chi connectivity index (χ1n) is 5.22. The van der Waals surface area contributed by atoms with Gasteiger partial charge < -0.3 is 10.8 Å². The minimum Gasteiger partial charge on any atom is -0.481 e. The molecule has 2 atom stereocenters. The zero-order valence-corrected chi connectivity index (χ0v) is 11.3. The average Bonchev–Trinajstić information content (AvgIpc) is 2.16. The first-order chi connectivity index (χ1) is 7.49. The third-order valence-corrected chi connectivity index (χ3v) is 3.20. The van der Waals surface area contributed by atoms with E-state index in [-0.39, 0.29) is 18.4 Å². The fraction of sp³-hybridized carbons (Fsp3) is 0.417. The van der Waals surface area contributed by atoms with Crippen molar-refractivity contribution in [2.24, 2.45) is 11.7 Å². The maximum absolute atomic E-state index is 10.5. The second kappa shape index (κ2) is 6.20. The van der Waals surface area contributed by atoms with Gasteiger partial charge >= 0.3 is 5.97 Å². The van der Waals surface area contributed by atoms with Crippen molar-refractivity contribution in [2.45, 2.75) is 25.8 Å². The van der Waals surface area contributed by atoms with E-state index in [1.165, 1.54) is 3.57 Å². The number of carboxylic acid groups (broad SMARTS) is 1. The number of nitrogens with two attached hydrogens (primary N) is 1. The number of rotatable bonds is 5. The highest BCUT2D eigenvalue weighted by molar-refractivity contribution is 14.1. The van der Waals surface area contributed by atoms with Crippen molar-refractivity contribution in [3.05, 3.63) is 33.4 Å². The summed E-state index contributed by atoms with van der Waals surface area (Å²) >= 11 is 2.24. The van der Waals surface area contributed by atoms with Gasteiger partial charge in [0.25, 0.3) is 0 Å². The highest BCUT2D eigenvalue weighted by Crippen LogP contribution is 2.21. The third-order valence-electron chi connectivity index (χ3n) is 2.48. The summed E-state index contributed by atoms with van der Waals surface area (Å²) in [6, 6.07) is 7.95. The third kappa shape index (κ3) is 4.49. The fourth-order valence-corrected chi connectivity index (χ4v) is 2.02. The molecule has 3 nitrogen and oxygen atoms in total. The Kier molecular flexibility index (Phi) is 5.21. The van der Waals surface area contributed by atoms with E-state index in [4.69, 9.17) is 10.8 Å². The molecule has 4 heteroatoms. The van der Waals surface area contributed by atoms with Gasteiger partial charge in [0.2, 0.25) is 0 Å². The zero-order valence-electron chi connectivity index (χ0n) is 9.19. The molecule has 0 aliphatic rings. The molecule has 0 heterocycles. The second-order valence-electron chi connectivity index (χ2n) is 4.10. The van der Waals surface area contributed by atoms with E-state index in [1.807, 2.05) is 31.2 Å². The van der Waals surface area contributed by atoms with Gasteiger partial charge in [-0.25, -0.2) is 0 Å². The molecular formula is C12H16INO2. The van der Waals surface area contributed by atoms with Gasteiger partial charge in [-0.05, 0) is 52.6 Å². The predicted molar refractivity (Wildman–Crippen MR) is 72.1 cm³/mol. The number of hydrogen-bond acceptors (Lipinski definition) is 2. The maximum atomic E-state index is 10.5. The summed E-state index contributed by atoms with van der Waals surface area (Å²) in [5.74, 6) is -0.658. The van der Waals surface area contributed by atoms with Crippen molar-refractivity contribution in [1.82, 2.24) is 0 Å². The van der Waals surface area contributed by atoms with Crippen molar-refractivity contribution in [1.29, 1.82) is 0 Å². The molecule has 1 aromatic rings. The summed E-state index contributed by atoms with van der Waals surface area (Å²) in [4.78, 5) is 10.5. The van der Waals surface area contributed by atoms with Crippen molar-refractivity contribution in [3.8, 4) is 0 Å². The van der Waals surface area contributed by atoms with Gasteiger partial charge in [-0.3, -0.25) is 4.79 Å². The summed E-state index contributed by atoms with van der Waals surface area (Å²) in [7, 11) is 0. The number of carbonyl (C=O) groups is 1. The van der Waals surface area contributed by atoms with E-state index in [9.17, 15) is 4.79 Å². The molecule has 2 unspecified atom stereocenters. The molecule has 88 valence electrons. The van der Waals surface area contributed by atoms with E-state index in [0.29, 0.717) is 6.42 Å². The van der Waals surface area contributed by atoms with Crippen LogP contribution in [-0.4, -0.2) is 11.1 Å². The number of halogens is 1. The Morgan fingerprint density at radius 1 is 1.44 bits per heavy atom. The molecule has 0 saturated heterocycles. The molecule has 0 fully saturated rings. The smallest absolute Gasteiger partial charge is 0.303 e. The van der Waals surface area contributed by atoms with Gasteiger partial charge in [-0.15, -0.1) is 0 Å². The van der Waals surface area contributed by atoms with Crippen LogP contribution in [0.25, 0.3) is 0 Å². The van der Waals surface area contributed by atoms with Crippen LogP contribution < -0.4 is 5.73 Å². The second-order valence-corrected chi connectivity index (χ2v) is 5.34. The Hall–Kier alpha value is -0.620. The fourth-order valence-electron chi connectivity index (χ4n) is 1.66. The number of aliphatic carboxylic acids is 1. The summed E-state index contributed by atoms with van der Waals surface area (Å²) in [5.41, 5.74) is 7.09. The van der Waals surface area contributed by atoms with Crippen molar-refractivity contribution in [2.75, 3.05) is 0 Å².